The van der Waals surface area contributed by atoms with Crippen molar-refractivity contribution in [2.45, 2.75) is 39.1 Å². The summed E-state index contributed by atoms with van der Waals surface area (Å²) in [5, 5.41) is 8.96. The van der Waals surface area contributed by atoms with Gasteiger partial charge in [0.25, 0.3) is 0 Å². The molecule has 0 aliphatic rings. The number of esters is 1. The van der Waals surface area contributed by atoms with Gasteiger partial charge in [0.2, 0.25) is 0 Å². The van der Waals surface area contributed by atoms with Crippen LogP contribution >= 0.6 is 0 Å². The Morgan fingerprint density at radius 3 is 2.12 bits per heavy atom. The van der Waals surface area contributed by atoms with Crippen LogP contribution in [0.1, 0.15) is 26.7 Å². The highest BCUT2D eigenvalue weighted by Crippen LogP contribution is 2.14. The molecule has 0 amide bonds. The molecule has 6 heteroatoms. The Morgan fingerprint density at radius 2 is 1.76 bits per heavy atom. The third-order valence-corrected chi connectivity index (χ3v) is 2.43. The first kappa shape index (κ1) is 15.9. The fraction of sp³-hybridized carbons (Fsp3) is 0.818. The zero-order valence-electron chi connectivity index (χ0n) is 10.6. The van der Waals surface area contributed by atoms with E-state index in [2.05, 4.69) is 0 Å². The van der Waals surface area contributed by atoms with Crippen LogP contribution in [0.15, 0.2) is 0 Å². The van der Waals surface area contributed by atoms with Crippen molar-refractivity contribution < 1.29 is 28.9 Å². The molecular weight excluding hydrogens is 228 g/mol. The number of rotatable bonds is 8. The molecular formula is C11H20O6. The van der Waals surface area contributed by atoms with Gasteiger partial charge in [-0.05, 0) is 13.3 Å². The van der Waals surface area contributed by atoms with Gasteiger partial charge in [0.15, 0.2) is 12.2 Å². The minimum absolute atomic E-state index is 0.0718. The molecule has 0 aromatic rings. The monoisotopic (exact) mass is 248 g/mol. The number of hydrogen-bond acceptors (Lipinski definition) is 5. The van der Waals surface area contributed by atoms with Gasteiger partial charge in [0.1, 0.15) is 0 Å². The summed E-state index contributed by atoms with van der Waals surface area (Å²) in [5.41, 5.74) is 0. The lowest BCUT2D eigenvalue weighted by Gasteiger charge is -2.19. The topological polar surface area (TPSA) is 82.1 Å². The SMILES string of the molecule is CCC(C)OC(=O)C(CC(OC)OC)C(=O)O. The van der Waals surface area contributed by atoms with Gasteiger partial charge in [-0.2, -0.15) is 0 Å². The highest BCUT2D eigenvalue weighted by molar-refractivity contribution is 5.93. The molecule has 0 heterocycles. The lowest BCUT2D eigenvalue weighted by molar-refractivity contribution is -0.170. The molecule has 0 rings (SSSR count). The zero-order chi connectivity index (χ0) is 13.4. The molecule has 2 atom stereocenters. The Balaban J connectivity index is 4.51. The van der Waals surface area contributed by atoms with E-state index in [-0.39, 0.29) is 12.5 Å². The van der Waals surface area contributed by atoms with Crippen LogP contribution in [-0.2, 0) is 23.8 Å². The van der Waals surface area contributed by atoms with Crippen LogP contribution < -0.4 is 0 Å². The molecule has 0 bridgehead atoms. The van der Waals surface area contributed by atoms with Crippen LogP contribution in [0.25, 0.3) is 0 Å². The van der Waals surface area contributed by atoms with Crippen molar-refractivity contribution in [3.63, 3.8) is 0 Å². The molecule has 0 aromatic heterocycles. The smallest absolute Gasteiger partial charge is 0.320 e. The summed E-state index contributed by atoms with van der Waals surface area (Å²) in [5.74, 6) is -3.27. The largest absolute Gasteiger partial charge is 0.481 e. The van der Waals surface area contributed by atoms with Gasteiger partial charge in [0, 0.05) is 20.6 Å². The Bertz CT molecular complexity index is 248. The summed E-state index contributed by atoms with van der Waals surface area (Å²) in [4.78, 5) is 22.6. The van der Waals surface area contributed by atoms with Crippen molar-refractivity contribution in [2.24, 2.45) is 5.92 Å². The standard InChI is InChI=1S/C11H20O6/c1-5-7(2)17-11(14)8(10(12)13)6-9(15-3)16-4/h7-9H,5-6H2,1-4H3,(H,12,13). The Morgan fingerprint density at radius 1 is 1.24 bits per heavy atom. The van der Waals surface area contributed by atoms with Crippen molar-refractivity contribution in [1.29, 1.82) is 0 Å². The number of carbonyl (C=O) groups excluding carboxylic acids is 1. The van der Waals surface area contributed by atoms with Crippen LogP contribution in [0.2, 0.25) is 0 Å². The van der Waals surface area contributed by atoms with Crippen LogP contribution in [0.3, 0.4) is 0 Å². The van der Waals surface area contributed by atoms with Crippen LogP contribution in [0, 0.1) is 5.92 Å². The van der Waals surface area contributed by atoms with Gasteiger partial charge in [-0.15, -0.1) is 0 Å². The van der Waals surface area contributed by atoms with Gasteiger partial charge >= 0.3 is 11.9 Å². The summed E-state index contributed by atoms with van der Waals surface area (Å²) in [6.45, 7) is 3.56. The van der Waals surface area contributed by atoms with E-state index in [1.165, 1.54) is 14.2 Å². The molecule has 0 spiro atoms. The summed E-state index contributed by atoms with van der Waals surface area (Å²) in [6.07, 6.45) is -0.471. The van der Waals surface area contributed by atoms with Crippen molar-refractivity contribution >= 4 is 11.9 Å². The summed E-state index contributed by atoms with van der Waals surface area (Å²) in [7, 11) is 2.76. The fourth-order valence-electron chi connectivity index (χ4n) is 1.14. The van der Waals surface area contributed by atoms with E-state index in [1.54, 1.807) is 6.92 Å². The average Bonchev–Trinajstić information content (AvgIpc) is 2.29. The summed E-state index contributed by atoms with van der Waals surface area (Å²) < 4.78 is 14.7. The molecule has 1 N–H and O–H groups in total. The van der Waals surface area contributed by atoms with Gasteiger partial charge in [-0.3, -0.25) is 9.59 Å². The molecule has 0 fully saturated rings. The van der Waals surface area contributed by atoms with E-state index in [1.807, 2.05) is 6.92 Å². The Kier molecular flexibility index (Phi) is 7.49. The second-order valence-corrected chi connectivity index (χ2v) is 3.68. The van der Waals surface area contributed by atoms with E-state index < -0.39 is 24.1 Å². The third kappa shape index (κ3) is 5.65. The minimum Gasteiger partial charge on any atom is -0.481 e. The van der Waals surface area contributed by atoms with E-state index in [9.17, 15) is 9.59 Å². The number of carboxylic acid groups (broad SMARTS) is 1. The molecule has 2 unspecified atom stereocenters. The molecule has 17 heavy (non-hydrogen) atoms. The first-order chi connectivity index (χ1) is 7.96. The fourth-order valence-corrected chi connectivity index (χ4v) is 1.14. The number of carbonyl (C=O) groups is 2. The Labute approximate surface area is 101 Å². The third-order valence-electron chi connectivity index (χ3n) is 2.43. The molecule has 0 saturated heterocycles. The van der Waals surface area contributed by atoms with E-state index in [0.717, 1.165) is 0 Å². The first-order valence-electron chi connectivity index (χ1n) is 5.45. The second kappa shape index (κ2) is 8.03. The van der Waals surface area contributed by atoms with E-state index >= 15 is 0 Å². The lowest BCUT2D eigenvalue weighted by atomic mass is 10.1. The van der Waals surface area contributed by atoms with Gasteiger partial charge < -0.3 is 19.3 Å². The normalized spacial score (nSPS) is 14.4. The molecule has 6 nitrogen and oxygen atoms in total. The highest BCUT2D eigenvalue weighted by Gasteiger charge is 2.32. The predicted molar refractivity (Wildman–Crippen MR) is 59.4 cm³/mol. The number of methoxy groups -OCH3 is 2. The van der Waals surface area contributed by atoms with E-state index in [0.29, 0.717) is 6.42 Å². The van der Waals surface area contributed by atoms with Crippen molar-refractivity contribution in [2.75, 3.05) is 14.2 Å². The quantitative estimate of drug-likeness (QED) is 0.392. The predicted octanol–water partition coefficient (Wildman–Crippen LogP) is 1.04. The number of ether oxygens (including phenoxy) is 3. The summed E-state index contributed by atoms with van der Waals surface area (Å²) >= 11 is 0. The maximum absolute atomic E-state index is 11.6. The average molecular weight is 248 g/mol. The zero-order valence-corrected chi connectivity index (χ0v) is 10.6. The number of hydrogen-bond donors (Lipinski definition) is 1. The van der Waals surface area contributed by atoms with Crippen molar-refractivity contribution in [3.05, 3.63) is 0 Å². The van der Waals surface area contributed by atoms with Gasteiger partial charge in [0.05, 0.1) is 6.10 Å². The Hall–Kier alpha value is -1.14. The second-order valence-electron chi connectivity index (χ2n) is 3.68. The van der Waals surface area contributed by atoms with Crippen molar-refractivity contribution in [1.82, 2.24) is 0 Å². The lowest BCUT2D eigenvalue weighted by Crippen LogP contribution is -2.32. The van der Waals surface area contributed by atoms with Crippen LogP contribution in [-0.4, -0.2) is 43.7 Å². The highest BCUT2D eigenvalue weighted by atomic mass is 16.7. The molecule has 100 valence electrons. The number of aliphatic carboxylic acids is 1. The molecule has 0 aliphatic heterocycles. The molecule has 0 saturated carbocycles. The van der Waals surface area contributed by atoms with Gasteiger partial charge in [-0.1, -0.05) is 6.92 Å². The van der Waals surface area contributed by atoms with Crippen LogP contribution in [0.4, 0.5) is 0 Å². The van der Waals surface area contributed by atoms with E-state index in [4.69, 9.17) is 19.3 Å². The molecule has 0 aliphatic carbocycles. The van der Waals surface area contributed by atoms with Crippen LogP contribution in [0.5, 0.6) is 0 Å². The maximum Gasteiger partial charge on any atom is 0.320 e. The molecule has 0 radical (unpaired) electrons. The van der Waals surface area contributed by atoms with Crippen molar-refractivity contribution in [3.8, 4) is 0 Å². The van der Waals surface area contributed by atoms with Gasteiger partial charge in [-0.25, -0.2) is 0 Å². The first-order valence-corrected chi connectivity index (χ1v) is 5.45. The maximum atomic E-state index is 11.6. The minimum atomic E-state index is -1.27. The molecule has 0 aromatic carbocycles. The summed E-state index contributed by atoms with van der Waals surface area (Å²) in [6, 6.07) is 0. The number of carboxylic acids is 1.